The average Bonchev–Trinajstić information content (AvgIpc) is 2.03. The second-order valence-corrected chi connectivity index (χ2v) is 5.09. The molecule has 1 rings (SSSR count). The van der Waals surface area contributed by atoms with Crippen molar-refractivity contribution in [1.82, 2.24) is 0 Å². The lowest BCUT2D eigenvalue weighted by molar-refractivity contribution is 0.443. The molecule has 0 aliphatic heterocycles. The quantitative estimate of drug-likeness (QED) is 0.633. The van der Waals surface area contributed by atoms with E-state index in [4.69, 9.17) is 0 Å². The summed E-state index contributed by atoms with van der Waals surface area (Å²) in [6.45, 7) is 9.09. The molecule has 1 aliphatic rings. The van der Waals surface area contributed by atoms with Crippen LogP contribution in [0.15, 0.2) is 22.6 Å². The third-order valence-corrected chi connectivity index (χ3v) is 3.07. The summed E-state index contributed by atoms with van der Waals surface area (Å²) in [5.74, 6) is 2.08. The van der Waals surface area contributed by atoms with Crippen LogP contribution in [0.3, 0.4) is 0 Å². The van der Waals surface area contributed by atoms with Crippen molar-refractivity contribution in [1.29, 1.82) is 0 Å². The van der Waals surface area contributed by atoms with E-state index in [1.165, 1.54) is 6.42 Å². The maximum atomic E-state index is 4.45. The molecule has 0 fully saturated rings. The van der Waals surface area contributed by atoms with E-state index in [9.17, 15) is 0 Å². The van der Waals surface area contributed by atoms with Crippen molar-refractivity contribution in [3.05, 3.63) is 22.6 Å². The molecule has 0 heterocycles. The Morgan fingerprint density at radius 1 is 1.31 bits per heavy atom. The van der Waals surface area contributed by atoms with Gasteiger partial charge >= 0.3 is 0 Å². The van der Waals surface area contributed by atoms with Crippen LogP contribution >= 0.6 is 12.6 Å². The molecule has 0 aromatic carbocycles. The van der Waals surface area contributed by atoms with E-state index in [0.29, 0.717) is 11.8 Å². The van der Waals surface area contributed by atoms with E-state index >= 15 is 0 Å². The normalized spacial score (nSPS) is 23.5. The lowest BCUT2D eigenvalue weighted by Gasteiger charge is -2.25. The summed E-state index contributed by atoms with van der Waals surface area (Å²) >= 11 is 4.45. The number of hydrogen-bond acceptors (Lipinski definition) is 1. The molecule has 0 radical (unpaired) electrons. The number of thiol groups is 1. The third kappa shape index (κ3) is 2.91. The Balaban J connectivity index is 2.77. The van der Waals surface area contributed by atoms with Crippen molar-refractivity contribution in [2.24, 2.45) is 17.8 Å². The predicted molar refractivity (Wildman–Crippen MR) is 62.9 cm³/mol. The van der Waals surface area contributed by atoms with Gasteiger partial charge in [0.05, 0.1) is 0 Å². The summed E-state index contributed by atoms with van der Waals surface area (Å²) in [6.07, 6.45) is 5.74. The molecule has 0 unspecified atom stereocenters. The lowest BCUT2D eigenvalue weighted by atomic mass is 9.82. The van der Waals surface area contributed by atoms with Gasteiger partial charge in [-0.3, -0.25) is 0 Å². The van der Waals surface area contributed by atoms with Gasteiger partial charge in [-0.05, 0) is 30.3 Å². The number of rotatable bonds is 2. The predicted octanol–water partition coefficient (Wildman–Crippen LogP) is 4.06. The van der Waals surface area contributed by atoms with Gasteiger partial charge in [0.15, 0.2) is 0 Å². The largest absolute Gasteiger partial charge is 0.144 e. The van der Waals surface area contributed by atoms with Gasteiger partial charge < -0.3 is 0 Å². The molecular weight excluding hydrogens is 176 g/mol. The first-order valence-electron chi connectivity index (χ1n) is 5.12. The fraction of sp³-hybridized carbons (Fsp3) is 0.667. The van der Waals surface area contributed by atoms with Crippen LogP contribution in [0.1, 0.15) is 34.1 Å². The van der Waals surface area contributed by atoms with E-state index in [1.54, 1.807) is 5.57 Å². The Kier molecular flexibility index (Phi) is 3.66. The lowest BCUT2D eigenvalue weighted by Crippen LogP contribution is -2.12. The third-order valence-electron chi connectivity index (χ3n) is 2.79. The van der Waals surface area contributed by atoms with Gasteiger partial charge in [0, 0.05) is 4.91 Å². The fourth-order valence-corrected chi connectivity index (χ4v) is 2.04. The number of allylic oxidation sites excluding steroid dienone is 3. The van der Waals surface area contributed by atoms with Crippen LogP contribution in [0.2, 0.25) is 0 Å². The van der Waals surface area contributed by atoms with Crippen LogP contribution in [0.5, 0.6) is 0 Å². The van der Waals surface area contributed by atoms with E-state index in [0.717, 1.165) is 10.8 Å². The molecule has 0 bridgehead atoms. The van der Waals surface area contributed by atoms with Crippen LogP contribution in [-0.4, -0.2) is 0 Å². The van der Waals surface area contributed by atoms with Gasteiger partial charge in [-0.1, -0.05) is 39.3 Å². The van der Waals surface area contributed by atoms with Crippen molar-refractivity contribution < 1.29 is 0 Å². The summed E-state index contributed by atoms with van der Waals surface area (Å²) in [7, 11) is 0. The first-order valence-corrected chi connectivity index (χ1v) is 5.56. The minimum Gasteiger partial charge on any atom is -0.144 e. The highest BCUT2D eigenvalue weighted by atomic mass is 32.1. The van der Waals surface area contributed by atoms with Crippen molar-refractivity contribution in [2.45, 2.75) is 34.1 Å². The van der Waals surface area contributed by atoms with Crippen molar-refractivity contribution in [2.75, 3.05) is 0 Å². The average molecular weight is 196 g/mol. The zero-order valence-electron chi connectivity index (χ0n) is 9.04. The molecule has 0 saturated carbocycles. The minimum atomic E-state index is 0.664. The monoisotopic (exact) mass is 196 g/mol. The zero-order valence-corrected chi connectivity index (χ0v) is 9.94. The molecule has 0 spiro atoms. The smallest absolute Gasteiger partial charge is 0.000267 e. The fourth-order valence-electron chi connectivity index (χ4n) is 1.68. The summed E-state index contributed by atoms with van der Waals surface area (Å²) < 4.78 is 0. The molecule has 13 heavy (non-hydrogen) atoms. The Labute approximate surface area is 87.5 Å². The SMILES string of the molecule is CC(C)C1=CC(S)=C[C@@H](C(C)C)C1. The standard InChI is InChI=1S/C12H20S/c1-8(2)10-5-11(9(3)4)7-12(13)6-10/h6-10,13H,5H2,1-4H3/t10-/m0/s1. The maximum absolute atomic E-state index is 4.45. The van der Waals surface area contributed by atoms with Gasteiger partial charge in [0.2, 0.25) is 0 Å². The van der Waals surface area contributed by atoms with Crippen LogP contribution in [-0.2, 0) is 0 Å². The molecule has 0 N–H and O–H groups in total. The van der Waals surface area contributed by atoms with Crippen LogP contribution in [0, 0.1) is 17.8 Å². The molecule has 1 atom stereocenters. The molecule has 74 valence electrons. The Bertz CT molecular complexity index is 234. The Morgan fingerprint density at radius 2 is 1.92 bits per heavy atom. The summed E-state index contributed by atoms with van der Waals surface area (Å²) in [4.78, 5) is 1.15. The summed E-state index contributed by atoms with van der Waals surface area (Å²) in [6, 6.07) is 0. The van der Waals surface area contributed by atoms with E-state index < -0.39 is 0 Å². The molecule has 0 saturated heterocycles. The number of hydrogen-bond donors (Lipinski definition) is 1. The highest BCUT2D eigenvalue weighted by Crippen LogP contribution is 2.32. The Morgan fingerprint density at radius 3 is 2.38 bits per heavy atom. The Hall–Kier alpha value is -0.170. The first kappa shape index (κ1) is 10.9. The van der Waals surface area contributed by atoms with Crippen molar-refractivity contribution >= 4 is 12.6 Å². The molecule has 0 amide bonds. The van der Waals surface area contributed by atoms with Crippen LogP contribution in [0.25, 0.3) is 0 Å². The van der Waals surface area contributed by atoms with Gasteiger partial charge in [-0.25, -0.2) is 0 Å². The molecule has 1 aliphatic carbocycles. The van der Waals surface area contributed by atoms with Gasteiger partial charge in [0.1, 0.15) is 0 Å². The van der Waals surface area contributed by atoms with Crippen molar-refractivity contribution in [3.8, 4) is 0 Å². The van der Waals surface area contributed by atoms with Gasteiger partial charge in [-0.15, -0.1) is 12.6 Å². The van der Waals surface area contributed by atoms with Crippen molar-refractivity contribution in [3.63, 3.8) is 0 Å². The molecule has 0 aromatic rings. The van der Waals surface area contributed by atoms with Crippen LogP contribution < -0.4 is 0 Å². The summed E-state index contributed by atoms with van der Waals surface area (Å²) in [5, 5.41) is 0. The topological polar surface area (TPSA) is 0 Å². The maximum Gasteiger partial charge on any atom is 0.000267 e. The molecule has 0 aromatic heterocycles. The molecule has 1 heteroatoms. The second-order valence-electron chi connectivity index (χ2n) is 4.58. The first-order chi connectivity index (χ1) is 6.00. The van der Waals surface area contributed by atoms with E-state index in [-0.39, 0.29) is 0 Å². The highest BCUT2D eigenvalue weighted by Gasteiger charge is 2.18. The minimum absolute atomic E-state index is 0.664. The van der Waals surface area contributed by atoms with Gasteiger partial charge in [0.25, 0.3) is 0 Å². The highest BCUT2D eigenvalue weighted by molar-refractivity contribution is 7.84. The van der Waals surface area contributed by atoms with Gasteiger partial charge in [-0.2, -0.15) is 0 Å². The van der Waals surface area contributed by atoms with Crippen LogP contribution in [0.4, 0.5) is 0 Å². The van der Waals surface area contributed by atoms with E-state index in [2.05, 4.69) is 52.5 Å². The molecule has 0 nitrogen and oxygen atoms in total. The van der Waals surface area contributed by atoms with E-state index in [1.807, 2.05) is 0 Å². The zero-order chi connectivity index (χ0) is 10.0. The molecular formula is C12H20S. The second kappa shape index (κ2) is 4.36. The summed E-state index contributed by atoms with van der Waals surface area (Å²) in [5.41, 5.74) is 1.55.